The van der Waals surface area contributed by atoms with Gasteiger partial charge in [0, 0.05) is 12.3 Å². The molecule has 1 heterocycles. The van der Waals surface area contributed by atoms with Crippen LogP contribution in [0.25, 0.3) is 0 Å². The Labute approximate surface area is 87.7 Å². The molecule has 4 heteroatoms. The molecule has 1 N–H and O–H groups in total. The van der Waals surface area contributed by atoms with Crippen LogP contribution in [-0.2, 0) is 0 Å². The highest BCUT2D eigenvalue weighted by Gasteiger charge is 2.00. The second-order valence-electron chi connectivity index (χ2n) is 3.14. The van der Waals surface area contributed by atoms with Gasteiger partial charge in [-0.15, -0.1) is 5.10 Å². The van der Waals surface area contributed by atoms with Crippen LogP contribution < -0.4 is 10.5 Å². The van der Waals surface area contributed by atoms with Crippen molar-refractivity contribution in [3.63, 3.8) is 0 Å². The molecule has 0 unspecified atom stereocenters. The molecule has 0 spiro atoms. The second kappa shape index (κ2) is 3.96. The van der Waals surface area contributed by atoms with Crippen molar-refractivity contribution in [2.75, 3.05) is 0 Å². The minimum atomic E-state index is 0.453. The van der Waals surface area contributed by atoms with Gasteiger partial charge >= 0.3 is 0 Å². The van der Waals surface area contributed by atoms with Gasteiger partial charge in [-0.1, -0.05) is 0 Å². The average Bonchev–Trinajstić information content (AvgIpc) is 2.25. The zero-order valence-electron chi connectivity index (χ0n) is 8.27. The number of hydrogen-bond donors (Lipinski definition) is 0. The van der Waals surface area contributed by atoms with Crippen LogP contribution in [0, 0.1) is 6.92 Å². The minimum Gasteiger partial charge on any atom is -0.438 e. The van der Waals surface area contributed by atoms with E-state index in [1.807, 2.05) is 6.92 Å². The van der Waals surface area contributed by atoms with Crippen molar-refractivity contribution in [3.05, 3.63) is 42.1 Å². The van der Waals surface area contributed by atoms with Gasteiger partial charge in [-0.2, -0.15) is 5.10 Å². The topological polar surface area (TPSA) is 58.8 Å². The summed E-state index contributed by atoms with van der Waals surface area (Å²) in [5.74, 6) is 1.12. The highest BCUT2D eigenvalue weighted by molar-refractivity contribution is 5.47. The van der Waals surface area contributed by atoms with E-state index >= 15 is 0 Å². The highest BCUT2D eigenvalue weighted by Crippen LogP contribution is 2.23. The average molecular weight is 200 g/mol. The maximum Gasteiger partial charge on any atom is 0.238 e. The van der Waals surface area contributed by atoms with Crippen LogP contribution >= 0.6 is 0 Å². The monoisotopic (exact) mass is 200 g/mol. The van der Waals surface area contributed by atoms with E-state index in [1.54, 1.807) is 36.5 Å². The van der Waals surface area contributed by atoms with E-state index in [4.69, 9.17) is 10.5 Å². The Morgan fingerprint density at radius 3 is 2.80 bits per heavy atom. The molecule has 1 aromatic carbocycles. The first-order chi connectivity index (χ1) is 7.25. The summed E-state index contributed by atoms with van der Waals surface area (Å²) in [5, 5.41) is 7.52. The summed E-state index contributed by atoms with van der Waals surface area (Å²) in [6.07, 6.45) is 1.59. The summed E-state index contributed by atoms with van der Waals surface area (Å²) in [6.45, 7) is 1.87. The van der Waals surface area contributed by atoms with Gasteiger partial charge in [0.1, 0.15) is 5.75 Å². The van der Waals surface area contributed by atoms with E-state index in [0.29, 0.717) is 17.3 Å². The van der Waals surface area contributed by atoms with Crippen molar-refractivity contribution in [1.29, 1.82) is 0 Å². The van der Waals surface area contributed by atoms with Crippen LogP contribution in [0.4, 0.5) is 5.69 Å². The van der Waals surface area contributed by atoms with Crippen LogP contribution in [0.5, 0.6) is 11.6 Å². The number of rotatable bonds is 2. The van der Waals surface area contributed by atoms with Crippen LogP contribution in [-0.4, -0.2) is 10.2 Å². The van der Waals surface area contributed by atoms with Crippen LogP contribution in [0.3, 0.4) is 0 Å². The lowest BCUT2D eigenvalue weighted by Crippen LogP contribution is -1.89. The summed E-state index contributed by atoms with van der Waals surface area (Å²) in [5.41, 5.74) is 8.89. The predicted molar refractivity (Wildman–Crippen MR) is 56.0 cm³/mol. The lowest BCUT2D eigenvalue weighted by Gasteiger charge is -2.05. The summed E-state index contributed by atoms with van der Waals surface area (Å²) in [6, 6.07) is 8.73. The molecular weight excluding hydrogens is 190 g/mol. The summed E-state index contributed by atoms with van der Waals surface area (Å²) in [7, 11) is 0. The van der Waals surface area contributed by atoms with Crippen molar-refractivity contribution in [2.45, 2.75) is 6.92 Å². The quantitative estimate of drug-likeness (QED) is 0.748. The second-order valence-corrected chi connectivity index (χ2v) is 3.14. The number of nitrogens with zero attached hydrogens (tertiary/aromatic N) is 2. The highest BCUT2D eigenvalue weighted by atomic mass is 16.5. The first kappa shape index (κ1) is 9.45. The van der Waals surface area contributed by atoms with E-state index in [-0.39, 0.29) is 0 Å². The molecule has 15 heavy (non-hydrogen) atoms. The van der Waals surface area contributed by atoms with E-state index in [9.17, 15) is 0 Å². The lowest BCUT2D eigenvalue weighted by atomic mass is 10.2. The third kappa shape index (κ3) is 2.22. The largest absolute Gasteiger partial charge is 0.438 e. The maximum atomic E-state index is 7.51. The van der Waals surface area contributed by atoms with Crippen LogP contribution in [0.15, 0.2) is 36.5 Å². The van der Waals surface area contributed by atoms with Gasteiger partial charge in [0.05, 0.1) is 5.69 Å². The molecule has 0 amide bonds. The summed E-state index contributed by atoms with van der Waals surface area (Å²) < 4.78 is 5.46. The van der Waals surface area contributed by atoms with E-state index in [0.717, 1.165) is 5.56 Å². The zero-order valence-corrected chi connectivity index (χ0v) is 8.27. The molecule has 2 rings (SSSR count). The number of nitrogens with one attached hydrogen (secondary N) is 1. The normalized spacial score (nSPS) is 9.93. The summed E-state index contributed by atoms with van der Waals surface area (Å²) >= 11 is 0. The van der Waals surface area contributed by atoms with Crippen molar-refractivity contribution < 1.29 is 4.74 Å². The zero-order chi connectivity index (χ0) is 10.7. The molecule has 0 aliphatic heterocycles. The fourth-order valence-corrected chi connectivity index (χ4v) is 1.16. The first-order valence-corrected chi connectivity index (χ1v) is 4.53. The van der Waals surface area contributed by atoms with E-state index < -0.39 is 0 Å². The molecule has 2 aromatic rings. The molecule has 1 radical (unpaired) electrons. The van der Waals surface area contributed by atoms with Gasteiger partial charge in [-0.05, 0) is 36.8 Å². The third-order valence-corrected chi connectivity index (χ3v) is 1.97. The molecule has 0 saturated carbocycles. The molecule has 1 aromatic heterocycles. The van der Waals surface area contributed by atoms with Crippen LogP contribution in [0.2, 0.25) is 0 Å². The van der Waals surface area contributed by atoms with Gasteiger partial charge in [0.25, 0.3) is 0 Å². The van der Waals surface area contributed by atoms with Crippen molar-refractivity contribution in [2.24, 2.45) is 0 Å². The molecule has 0 aliphatic rings. The molecule has 0 atom stereocenters. The Morgan fingerprint density at radius 1 is 1.27 bits per heavy atom. The Bertz CT molecular complexity index is 457. The van der Waals surface area contributed by atoms with E-state index in [1.165, 1.54) is 0 Å². The van der Waals surface area contributed by atoms with E-state index in [2.05, 4.69) is 10.2 Å². The molecule has 0 aliphatic carbocycles. The maximum absolute atomic E-state index is 7.51. The molecule has 0 bridgehead atoms. The minimum absolute atomic E-state index is 0.453. The van der Waals surface area contributed by atoms with Crippen molar-refractivity contribution >= 4 is 5.69 Å². The third-order valence-electron chi connectivity index (χ3n) is 1.97. The fourth-order valence-electron chi connectivity index (χ4n) is 1.16. The van der Waals surface area contributed by atoms with Gasteiger partial charge in [-0.3, -0.25) is 0 Å². The van der Waals surface area contributed by atoms with Crippen LogP contribution in [0.1, 0.15) is 5.56 Å². The van der Waals surface area contributed by atoms with Gasteiger partial charge in [-0.25, -0.2) is 0 Å². The molecule has 0 fully saturated rings. The molecular formula is C11H10N3O. The van der Waals surface area contributed by atoms with Gasteiger partial charge in [0.15, 0.2) is 0 Å². The first-order valence-electron chi connectivity index (χ1n) is 4.53. The summed E-state index contributed by atoms with van der Waals surface area (Å²) in [4.78, 5) is 0. The predicted octanol–water partition coefficient (Wildman–Crippen LogP) is 2.49. The Kier molecular flexibility index (Phi) is 2.49. The SMILES string of the molecule is Cc1cc(Oc2cccnn2)ccc1[NH]. The molecule has 4 nitrogen and oxygen atoms in total. The smallest absolute Gasteiger partial charge is 0.238 e. The Balaban J connectivity index is 2.22. The van der Waals surface area contributed by atoms with Gasteiger partial charge < -0.3 is 10.5 Å². The number of aromatic nitrogens is 2. The number of benzene rings is 1. The van der Waals surface area contributed by atoms with Gasteiger partial charge in [0.2, 0.25) is 5.88 Å². The lowest BCUT2D eigenvalue weighted by molar-refractivity contribution is 0.455. The number of ether oxygens (including phenoxy) is 1. The van der Waals surface area contributed by atoms with Crippen molar-refractivity contribution in [1.82, 2.24) is 15.9 Å². The number of hydrogen-bond acceptors (Lipinski definition) is 3. The standard InChI is InChI=1S/C11H10N3O/c1-8-7-9(4-5-10(8)12)15-11-3-2-6-13-14-11/h2-7,12H,1H3. The van der Waals surface area contributed by atoms with Crippen molar-refractivity contribution in [3.8, 4) is 11.6 Å². The Morgan fingerprint density at radius 2 is 2.13 bits per heavy atom. The molecule has 75 valence electrons. The molecule has 0 saturated heterocycles. The number of aryl methyl sites for hydroxylation is 1. The Hall–Kier alpha value is -2.10. The fraction of sp³-hybridized carbons (Fsp3) is 0.0909.